The molecule has 114 valence electrons. The molecule has 0 bridgehead atoms. The molecule has 0 N–H and O–H groups in total. The van der Waals surface area contributed by atoms with E-state index < -0.39 is 0 Å². The number of hydrogen-bond donors (Lipinski definition) is 0. The molecule has 0 saturated heterocycles. The van der Waals surface area contributed by atoms with Gasteiger partial charge in [-0.2, -0.15) is 0 Å². The zero-order valence-electron chi connectivity index (χ0n) is 13.3. The molecule has 0 fully saturated rings. The fourth-order valence-electron chi connectivity index (χ4n) is 3.47. The van der Waals surface area contributed by atoms with Gasteiger partial charge in [0.1, 0.15) is 0 Å². The Balaban J connectivity index is 1.93. The van der Waals surface area contributed by atoms with E-state index in [9.17, 15) is 0 Å². The Morgan fingerprint density at radius 2 is 1.58 bits per heavy atom. The quantitative estimate of drug-likeness (QED) is 0.317. The van der Waals surface area contributed by atoms with Gasteiger partial charge in [-0.05, 0) is 41.5 Å². The SMILES string of the molecule is Cc1cccc2nc(-c3cc4ccccc4s3)c3ccccc3c12. The van der Waals surface area contributed by atoms with Gasteiger partial charge in [0.2, 0.25) is 0 Å². The summed E-state index contributed by atoms with van der Waals surface area (Å²) in [4.78, 5) is 6.27. The van der Waals surface area contributed by atoms with Gasteiger partial charge in [0.25, 0.3) is 0 Å². The Bertz CT molecular complexity index is 1180. The van der Waals surface area contributed by atoms with Crippen LogP contribution in [0.1, 0.15) is 5.56 Å². The summed E-state index contributed by atoms with van der Waals surface area (Å²) in [6, 6.07) is 25.8. The first kappa shape index (κ1) is 13.7. The van der Waals surface area contributed by atoms with Crippen molar-refractivity contribution in [2.75, 3.05) is 0 Å². The van der Waals surface area contributed by atoms with Gasteiger partial charge in [-0.15, -0.1) is 11.3 Å². The third-order valence-electron chi connectivity index (χ3n) is 4.59. The maximum Gasteiger partial charge on any atom is 0.0888 e. The summed E-state index contributed by atoms with van der Waals surface area (Å²) in [5.74, 6) is 0. The number of rotatable bonds is 1. The lowest BCUT2D eigenvalue weighted by Crippen LogP contribution is -1.89. The number of aromatic nitrogens is 1. The van der Waals surface area contributed by atoms with Crippen LogP contribution in [0.4, 0.5) is 0 Å². The predicted molar refractivity (Wildman–Crippen MR) is 105 cm³/mol. The molecule has 5 rings (SSSR count). The van der Waals surface area contributed by atoms with Crippen LogP contribution in [0, 0.1) is 6.92 Å². The normalized spacial score (nSPS) is 11.5. The van der Waals surface area contributed by atoms with Crippen LogP contribution in [-0.2, 0) is 0 Å². The van der Waals surface area contributed by atoms with Gasteiger partial charge in [0.05, 0.1) is 16.1 Å². The average molecular weight is 325 g/mol. The summed E-state index contributed by atoms with van der Waals surface area (Å²) in [7, 11) is 0. The van der Waals surface area contributed by atoms with Crippen LogP contribution in [-0.4, -0.2) is 4.98 Å². The Hall–Kier alpha value is -2.71. The molecular weight excluding hydrogens is 310 g/mol. The second kappa shape index (κ2) is 5.15. The zero-order chi connectivity index (χ0) is 16.1. The fraction of sp³-hybridized carbons (Fsp3) is 0.0455. The molecule has 24 heavy (non-hydrogen) atoms. The van der Waals surface area contributed by atoms with Crippen LogP contribution in [0.2, 0.25) is 0 Å². The summed E-state index contributed by atoms with van der Waals surface area (Å²) < 4.78 is 1.31. The van der Waals surface area contributed by atoms with Crippen molar-refractivity contribution in [3.05, 3.63) is 78.4 Å². The van der Waals surface area contributed by atoms with E-state index in [0.717, 1.165) is 11.2 Å². The Labute approximate surface area is 144 Å². The molecule has 0 radical (unpaired) electrons. The van der Waals surface area contributed by atoms with E-state index in [1.807, 2.05) is 11.3 Å². The molecule has 5 aromatic rings. The van der Waals surface area contributed by atoms with Crippen molar-refractivity contribution in [2.45, 2.75) is 6.92 Å². The highest BCUT2D eigenvalue weighted by Crippen LogP contribution is 2.38. The van der Waals surface area contributed by atoms with Crippen LogP contribution >= 0.6 is 11.3 Å². The standard InChI is InChI=1S/C22H15NS/c1-14-7-6-11-18-21(14)16-9-3-4-10-17(16)22(23-18)20-13-15-8-2-5-12-19(15)24-20/h2-13H,1H3. The van der Waals surface area contributed by atoms with Crippen molar-refractivity contribution in [1.29, 1.82) is 0 Å². The summed E-state index contributed by atoms with van der Waals surface area (Å²) in [6.45, 7) is 2.16. The van der Waals surface area contributed by atoms with E-state index in [0.29, 0.717) is 0 Å². The molecule has 0 aliphatic carbocycles. The molecule has 2 heteroatoms. The van der Waals surface area contributed by atoms with Crippen LogP contribution in [0.3, 0.4) is 0 Å². The topological polar surface area (TPSA) is 12.9 Å². The second-order valence-electron chi connectivity index (χ2n) is 6.12. The molecule has 0 unspecified atom stereocenters. The molecular formula is C22H15NS. The number of fused-ring (bicyclic) bond motifs is 4. The van der Waals surface area contributed by atoms with Gasteiger partial charge in [0, 0.05) is 15.5 Å². The van der Waals surface area contributed by atoms with E-state index in [1.54, 1.807) is 0 Å². The molecule has 2 heterocycles. The Morgan fingerprint density at radius 3 is 2.46 bits per heavy atom. The summed E-state index contributed by atoms with van der Waals surface area (Å²) in [5, 5.41) is 5.06. The zero-order valence-corrected chi connectivity index (χ0v) is 14.1. The van der Waals surface area contributed by atoms with Crippen LogP contribution in [0.15, 0.2) is 72.8 Å². The number of nitrogens with zero attached hydrogens (tertiary/aromatic N) is 1. The van der Waals surface area contributed by atoms with Crippen LogP contribution < -0.4 is 0 Å². The minimum absolute atomic E-state index is 1.07. The summed E-state index contributed by atoms with van der Waals surface area (Å²) in [6.07, 6.45) is 0. The van der Waals surface area contributed by atoms with Crippen molar-refractivity contribution >= 4 is 43.1 Å². The number of aryl methyl sites for hydroxylation is 1. The molecule has 0 aliphatic rings. The highest BCUT2D eigenvalue weighted by molar-refractivity contribution is 7.22. The van der Waals surface area contributed by atoms with Crippen molar-refractivity contribution in [2.24, 2.45) is 0 Å². The van der Waals surface area contributed by atoms with Gasteiger partial charge in [-0.25, -0.2) is 4.98 Å². The third kappa shape index (κ3) is 1.97. The monoisotopic (exact) mass is 325 g/mol. The largest absolute Gasteiger partial charge is 0.246 e. The average Bonchev–Trinajstić information content (AvgIpc) is 3.05. The van der Waals surface area contributed by atoms with Gasteiger partial charge in [-0.3, -0.25) is 0 Å². The lowest BCUT2D eigenvalue weighted by molar-refractivity contribution is 1.43. The van der Waals surface area contributed by atoms with E-state index in [4.69, 9.17) is 4.98 Å². The summed E-state index contributed by atoms with van der Waals surface area (Å²) in [5.41, 5.74) is 3.44. The minimum atomic E-state index is 1.07. The van der Waals surface area contributed by atoms with Gasteiger partial charge in [-0.1, -0.05) is 54.6 Å². The molecule has 2 aromatic heterocycles. The highest BCUT2D eigenvalue weighted by atomic mass is 32.1. The highest BCUT2D eigenvalue weighted by Gasteiger charge is 2.13. The van der Waals surface area contributed by atoms with Crippen molar-refractivity contribution < 1.29 is 0 Å². The molecule has 1 nitrogen and oxygen atoms in total. The molecule has 0 spiro atoms. The van der Waals surface area contributed by atoms with E-state index >= 15 is 0 Å². The number of hydrogen-bond acceptors (Lipinski definition) is 2. The fourth-order valence-corrected chi connectivity index (χ4v) is 4.54. The smallest absolute Gasteiger partial charge is 0.0888 e. The lowest BCUT2D eigenvalue weighted by Gasteiger charge is -2.10. The van der Waals surface area contributed by atoms with E-state index in [1.165, 1.54) is 36.7 Å². The molecule has 0 atom stereocenters. The molecule has 0 amide bonds. The minimum Gasteiger partial charge on any atom is -0.246 e. The van der Waals surface area contributed by atoms with Crippen molar-refractivity contribution in [1.82, 2.24) is 4.98 Å². The van der Waals surface area contributed by atoms with Gasteiger partial charge in [0.15, 0.2) is 0 Å². The van der Waals surface area contributed by atoms with Crippen LogP contribution in [0.25, 0.3) is 42.3 Å². The van der Waals surface area contributed by atoms with Crippen LogP contribution in [0.5, 0.6) is 0 Å². The maximum atomic E-state index is 5.04. The third-order valence-corrected chi connectivity index (χ3v) is 5.72. The second-order valence-corrected chi connectivity index (χ2v) is 7.21. The first-order valence-corrected chi connectivity index (χ1v) is 8.90. The van der Waals surface area contributed by atoms with Crippen molar-refractivity contribution in [3.63, 3.8) is 0 Å². The first-order chi connectivity index (χ1) is 11.8. The van der Waals surface area contributed by atoms with E-state index in [-0.39, 0.29) is 0 Å². The van der Waals surface area contributed by atoms with E-state index in [2.05, 4.69) is 79.7 Å². The molecule has 0 saturated carbocycles. The van der Waals surface area contributed by atoms with Crippen molar-refractivity contribution in [3.8, 4) is 10.6 Å². The number of benzene rings is 3. The number of pyridine rings is 1. The molecule has 0 aliphatic heterocycles. The van der Waals surface area contributed by atoms with Gasteiger partial charge >= 0.3 is 0 Å². The molecule has 3 aromatic carbocycles. The predicted octanol–water partition coefficient (Wildman–Crippen LogP) is 6.58. The maximum absolute atomic E-state index is 5.04. The Morgan fingerprint density at radius 1 is 0.792 bits per heavy atom. The van der Waals surface area contributed by atoms with Gasteiger partial charge < -0.3 is 0 Å². The Kier molecular flexibility index (Phi) is 2.94. The first-order valence-electron chi connectivity index (χ1n) is 8.08. The lowest BCUT2D eigenvalue weighted by atomic mass is 10.00. The summed E-state index contributed by atoms with van der Waals surface area (Å²) >= 11 is 1.82. The number of thiophene rings is 1.